The molecule has 1 aliphatic heterocycles. The normalized spacial score (nSPS) is 20.3. The maximum Gasteiger partial charge on any atom is 0.265 e. The van der Waals surface area contributed by atoms with Gasteiger partial charge >= 0.3 is 0 Å². The first-order valence-electron chi connectivity index (χ1n) is 4.91. The third-order valence-corrected chi connectivity index (χ3v) is 2.49. The molecule has 0 bridgehead atoms. The number of piperidine rings is 1. The van der Waals surface area contributed by atoms with E-state index in [-0.39, 0.29) is 14.4 Å². The predicted octanol–water partition coefficient (Wildman–Crippen LogP) is 2.15. The van der Waals surface area contributed by atoms with Gasteiger partial charge in [0.05, 0.1) is 18.4 Å². The molecular weight excluding hydrogens is 200 g/mol. The van der Waals surface area contributed by atoms with Crippen molar-refractivity contribution in [2.45, 2.75) is 18.8 Å². The van der Waals surface area contributed by atoms with Crippen molar-refractivity contribution >= 4 is 11.5 Å². The Kier molecular flexibility index (Phi) is 2.46. The van der Waals surface area contributed by atoms with E-state index < -0.39 is 5.92 Å². The second kappa shape index (κ2) is 3.64. The Labute approximate surface area is 88.4 Å². The molecule has 5 heteroatoms. The van der Waals surface area contributed by atoms with Crippen molar-refractivity contribution in [3.05, 3.63) is 18.3 Å². The van der Waals surface area contributed by atoms with Gasteiger partial charge in [0.15, 0.2) is 0 Å². The Morgan fingerprint density at radius 2 is 2.27 bits per heavy atom. The van der Waals surface area contributed by atoms with E-state index in [4.69, 9.17) is 5.73 Å². The molecule has 2 rings (SSSR count). The molecule has 0 aromatic carbocycles. The molecule has 0 radical (unpaired) electrons. The number of pyridine rings is 1. The van der Waals surface area contributed by atoms with Crippen LogP contribution in [0.3, 0.4) is 0 Å². The summed E-state index contributed by atoms with van der Waals surface area (Å²) in [5.41, 5.74) is 6.02. The number of halogens is 2. The number of hydrogen-bond donors (Lipinski definition) is 1. The largest absolute Gasteiger partial charge is 0.397 e. The van der Waals surface area contributed by atoms with Gasteiger partial charge in [-0.3, -0.25) is 0 Å². The fourth-order valence-corrected chi connectivity index (χ4v) is 1.75. The second-order valence-electron chi connectivity index (χ2n) is 3.83. The molecule has 2 N–H and O–H groups in total. The highest BCUT2D eigenvalue weighted by molar-refractivity contribution is 5.46. The Balaban J connectivity index is 0.00000128. The first-order valence-corrected chi connectivity index (χ1v) is 4.91. The van der Waals surface area contributed by atoms with E-state index in [1.807, 2.05) is 0 Å². The van der Waals surface area contributed by atoms with Gasteiger partial charge in [-0.2, -0.15) is 0 Å². The van der Waals surface area contributed by atoms with Gasteiger partial charge in [-0.05, 0) is 18.6 Å². The summed E-state index contributed by atoms with van der Waals surface area (Å²) in [5.74, 6) is -2.02. The van der Waals surface area contributed by atoms with Crippen LogP contribution in [0.25, 0.3) is 0 Å². The molecule has 0 aliphatic carbocycles. The summed E-state index contributed by atoms with van der Waals surface area (Å²) in [5, 5.41) is 0. The molecule has 0 atom stereocenters. The second-order valence-corrected chi connectivity index (χ2v) is 3.83. The van der Waals surface area contributed by atoms with Gasteiger partial charge in [-0.15, -0.1) is 0 Å². The number of nitrogens with zero attached hydrogens (tertiary/aromatic N) is 2. The summed E-state index contributed by atoms with van der Waals surface area (Å²) in [7, 11) is 0. The molecule has 0 spiro atoms. The van der Waals surface area contributed by atoms with E-state index in [9.17, 15) is 8.78 Å². The Hall–Kier alpha value is -1.39. The van der Waals surface area contributed by atoms with Gasteiger partial charge in [0.1, 0.15) is 5.82 Å². The van der Waals surface area contributed by atoms with Crippen LogP contribution >= 0.6 is 0 Å². The Bertz CT molecular complexity index is 342. The number of nitrogens with two attached hydrogens (primary N) is 1. The molecule has 15 heavy (non-hydrogen) atoms. The molecule has 1 saturated heterocycles. The molecular formula is C10H15F2N3. The third kappa shape index (κ3) is 2.34. The highest BCUT2D eigenvalue weighted by Gasteiger charge is 2.35. The highest BCUT2D eigenvalue weighted by Crippen LogP contribution is 2.29. The van der Waals surface area contributed by atoms with Crippen LogP contribution in [0.15, 0.2) is 18.3 Å². The van der Waals surface area contributed by atoms with E-state index >= 15 is 0 Å². The lowest BCUT2D eigenvalue weighted by Gasteiger charge is -2.33. The zero-order valence-electron chi connectivity index (χ0n) is 8.29. The van der Waals surface area contributed by atoms with Gasteiger partial charge in [-0.25, -0.2) is 13.8 Å². The van der Waals surface area contributed by atoms with Crippen molar-refractivity contribution in [1.29, 1.82) is 0 Å². The van der Waals surface area contributed by atoms with Gasteiger partial charge < -0.3 is 10.6 Å². The smallest absolute Gasteiger partial charge is 0.265 e. The average molecular weight is 215 g/mol. The Morgan fingerprint density at radius 3 is 2.87 bits per heavy atom. The van der Waals surface area contributed by atoms with E-state index in [1.165, 1.54) is 6.20 Å². The predicted molar refractivity (Wildman–Crippen MR) is 57.2 cm³/mol. The zero-order chi connectivity index (χ0) is 10.9. The summed E-state index contributed by atoms with van der Waals surface area (Å²) in [6.45, 7) is 0.385. The SMILES string of the molecule is Nc1ccc(N2CCCC(F)(F)C2)nc1.[HH]. The number of anilines is 2. The molecule has 84 valence electrons. The van der Waals surface area contributed by atoms with Gasteiger partial charge in [-0.1, -0.05) is 0 Å². The van der Waals surface area contributed by atoms with Crippen molar-refractivity contribution in [2.75, 3.05) is 23.7 Å². The lowest BCUT2D eigenvalue weighted by molar-refractivity contribution is -0.0118. The van der Waals surface area contributed by atoms with Crippen molar-refractivity contribution in [3.63, 3.8) is 0 Å². The summed E-state index contributed by atoms with van der Waals surface area (Å²) in [6, 6.07) is 3.35. The van der Waals surface area contributed by atoms with Crippen LogP contribution in [0.1, 0.15) is 14.3 Å². The van der Waals surface area contributed by atoms with Gasteiger partial charge in [0, 0.05) is 14.4 Å². The average Bonchev–Trinajstić information content (AvgIpc) is 2.17. The molecule has 0 amide bonds. The van der Waals surface area contributed by atoms with E-state index in [1.54, 1.807) is 17.0 Å². The summed E-state index contributed by atoms with van der Waals surface area (Å²) in [6.07, 6.45) is 1.96. The standard InChI is InChI=1S/C10H13F2N3.H2/c11-10(12)4-1-5-15(7-10)9-3-2-8(13)6-14-9;/h2-3,6H,1,4-5,7,13H2;1H. The van der Waals surface area contributed by atoms with Crippen LogP contribution in [0.2, 0.25) is 0 Å². The minimum Gasteiger partial charge on any atom is -0.397 e. The van der Waals surface area contributed by atoms with Crippen LogP contribution in [-0.2, 0) is 0 Å². The molecule has 1 aromatic rings. The van der Waals surface area contributed by atoms with Crippen molar-refractivity contribution in [3.8, 4) is 0 Å². The lowest BCUT2D eigenvalue weighted by Crippen LogP contribution is -2.43. The van der Waals surface area contributed by atoms with Crippen molar-refractivity contribution in [1.82, 2.24) is 4.98 Å². The van der Waals surface area contributed by atoms with Gasteiger partial charge in [0.25, 0.3) is 5.92 Å². The summed E-state index contributed by atoms with van der Waals surface area (Å²) in [4.78, 5) is 5.64. The van der Waals surface area contributed by atoms with Crippen LogP contribution in [0.4, 0.5) is 20.3 Å². The third-order valence-electron chi connectivity index (χ3n) is 2.49. The van der Waals surface area contributed by atoms with Crippen molar-refractivity contribution < 1.29 is 10.2 Å². The zero-order valence-corrected chi connectivity index (χ0v) is 8.29. The maximum atomic E-state index is 13.1. The fourth-order valence-electron chi connectivity index (χ4n) is 1.75. The number of nitrogen functional groups attached to an aromatic ring is 1. The van der Waals surface area contributed by atoms with Crippen LogP contribution in [-0.4, -0.2) is 24.0 Å². The molecule has 2 heterocycles. The van der Waals surface area contributed by atoms with Gasteiger partial charge in [0.2, 0.25) is 0 Å². The summed E-state index contributed by atoms with van der Waals surface area (Å²) >= 11 is 0. The number of alkyl halides is 2. The molecule has 1 aromatic heterocycles. The topological polar surface area (TPSA) is 42.1 Å². The first-order chi connectivity index (χ1) is 7.07. The minimum absolute atomic E-state index is 0. The molecule has 0 saturated carbocycles. The number of aromatic nitrogens is 1. The number of hydrogen-bond acceptors (Lipinski definition) is 3. The lowest BCUT2D eigenvalue weighted by atomic mass is 10.1. The van der Waals surface area contributed by atoms with E-state index in [0.717, 1.165) is 0 Å². The first kappa shape index (κ1) is 10.1. The quantitative estimate of drug-likeness (QED) is 0.780. The molecule has 1 aliphatic rings. The van der Waals surface area contributed by atoms with E-state index in [2.05, 4.69) is 4.98 Å². The molecule has 3 nitrogen and oxygen atoms in total. The Morgan fingerprint density at radius 1 is 1.47 bits per heavy atom. The van der Waals surface area contributed by atoms with E-state index in [0.29, 0.717) is 24.5 Å². The maximum absolute atomic E-state index is 13.1. The van der Waals surface area contributed by atoms with Crippen molar-refractivity contribution in [2.24, 2.45) is 0 Å². The van der Waals surface area contributed by atoms with Crippen LogP contribution in [0, 0.1) is 0 Å². The molecule has 0 unspecified atom stereocenters. The fraction of sp³-hybridized carbons (Fsp3) is 0.500. The monoisotopic (exact) mass is 215 g/mol. The van der Waals surface area contributed by atoms with Crippen LogP contribution in [0.5, 0.6) is 0 Å². The number of rotatable bonds is 1. The molecule has 1 fully saturated rings. The van der Waals surface area contributed by atoms with Crippen LogP contribution < -0.4 is 10.6 Å². The summed E-state index contributed by atoms with van der Waals surface area (Å²) < 4.78 is 26.3. The minimum atomic E-state index is -2.60. The highest BCUT2D eigenvalue weighted by atomic mass is 19.3.